The fourth-order valence-electron chi connectivity index (χ4n) is 4.94. The molecule has 0 aromatic heterocycles. The maximum absolute atomic E-state index is 10.6. The van der Waals surface area contributed by atoms with Crippen LogP contribution in [0.4, 0.5) is 0 Å². The van der Waals surface area contributed by atoms with Gasteiger partial charge in [-0.05, 0) is 41.2 Å². The zero-order valence-electron chi connectivity index (χ0n) is 12.2. The van der Waals surface area contributed by atoms with Crippen LogP contribution in [0.15, 0.2) is 16.3 Å². The van der Waals surface area contributed by atoms with E-state index in [1.165, 1.54) is 0 Å². The maximum Gasteiger partial charge on any atom is 0.113 e. The van der Waals surface area contributed by atoms with E-state index in [0.29, 0.717) is 11.1 Å². The van der Waals surface area contributed by atoms with E-state index in [4.69, 9.17) is 5.21 Å². The van der Waals surface area contributed by atoms with Crippen molar-refractivity contribution >= 4 is 5.71 Å². The minimum Gasteiger partial charge on any atom is -0.411 e. The second-order valence-corrected chi connectivity index (χ2v) is 7.52. The monoisotopic (exact) mass is 281 g/mol. The molecule has 5 heteroatoms. The Kier molecular flexibility index (Phi) is 2.85. The lowest BCUT2D eigenvalue weighted by atomic mass is 9.48. The summed E-state index contributed by atoms with van der Waals surface area (Å²) in [6.45, 7) is 6.04. The molecule has 3 rings (SSSR count). The van der Waals surface area contributed by atoms with E-state index in [1.54, 1.807) is 0 Å². The number of hydrogen-bond acceptors (Lipinski definition) is 5. The number of fused-ring (bicyclic) bond motifs is 3. The summed E-state index contributed by atoms with van der Waals surface area (Å²) in [5.41, 5.74) is 0.989. The SMILES string of the molecule is CC1(C)C[C@H]2[C@H](O)C(CO)=C3C(=NO)[C@@H](O)[C@]3(C)[C@H]2C1. The molecular formula is C15H23NO4. The fourth-order valence-corrected chi connectivity index (χ4v) is 4.94. The van der Waals surface area contributed by atoms with Crippen LogP contribution in [0, 0.1) is 22.7 Å². The van der Waals surface area contributed by atoms with Crippen LogP contribution in [-0.4, -0.2) is 45.1 Å². The third kappa shape index (κ3) is 1.46. The summed E-state index contributed by atoms with van der Waals surface area (Å²) in [7, 11) is 0. The molecule has 0 aromatic rings. The topological polar surface area (TPSA) is 93.3 Å². The molecule has 2 fully saturated rings. The van der Waals surface area contributed by atoms with Gasteiger partial charge in [-0.15, -0.1) is 0 Å². The van der Waals surface area contributed by atoms with Crippen LogP contribution in [0.3, 0.4) is 0 Å². The third-order valence-electron chi connectivity index (χ3n) is 5.83. The molecule has 0 aromatic carbocycles. The lowest BCUT2D eigenvalue weighted by Crippen LogP contribution is -2.63. The van der Waals surface area contributed by atoms with Gasteiger partial charge in [-0.2, -0.15) is 0 Å². The molecule has 0 bridgehead atoms. The van der Waals surface area contributed by atoms with Crippen LogP contribution < -0.4 is 0 Å². The highest BCUT2D eigenvalue weighted by molar-refractivity contribution is 6.13. The molecule has 5 atom stereocenters. The number of aliphatic hydroxyl groups is 3. The Labute approximate surface area is 118 Å². The maximum atomic E-state index is 10.6. The summed E-state index contributed by atoms with van der Waals surface area (Å²) < 4.78 is 0. The van der Waals surface area contributed by atoms with Gasteiger partial charge in [-0.3, -0.25) is 0 Å². The van der Waals surface area contributed by atoms with Crippen LogP contribution in [0.25, 0.3) is 0 Å². The average molecular weight is 281 g/mol. The summed E-state index contributed by atoms with van der Waals surface area (Å²) in [4.78, 5) is 0. The number of aliphatic hydroxyl groups excluding tert-OH is 3. The number of hydrogen-bond donors (Lipinski definition) is 4. The van der Waals surface area contributed by atoms with Gasteiger partial charge in [0.2, 0.25) is 0 Å². The van der Waals surface area contributed by atoms with E-state index in [0.717, 1.165) is 12.8 Å². The Bertz CT molecular complexity index is 510. The normalized spacial score (nSPS) is 48.0. The Balaban J connectivity index is 2.14. The van der Waals surface area contributed by atoms with Crippen molar-refractivity contribution in [2.24, 2.45) is 27.8 Å². The van der Waals surface area contributed by atoms with Crippen molar-refractivity contribution in [1.82, 2.24) is 0 Å². The lowest BCUT2D eigenvalue weighted by Gasteiger charge is -2.57. The minimum absolute atomic E-state index is 0.0517. The van der Waals surface area contributed by atoms with Gasteiger partial charge in [0.25, 0.3) is 0 Å². The van der Waals surface area contributed by atoms with E-state index in [-0.39, 0.29) is 29.6 Å². The lowest BCUT2D eigenvalue weighted by molar-refractivity contribution is -0.0253. The Morgan fingerprint density at radius 2 is 1.85 bits per heavy atom. The van der Waals surface area contributed by atoms with Gasteiger partial charge < -0.3 is 20.5 Å². The summed E-state index contributed by atoms with van der Waals surface area (Å²) in [6, 6.07) is 0. The van der Waals surface area contributed by atoms with Gasteiger partial charge >= 0.3 is 0 Å². The summed E-state index contributed by atoms with van der Waals surface area (Å²) >= 11 is 0. The minimum atomic E-state index is -0.821. The predicted molar refractivity (Wildman–Crippen MR) is 73.4 cm³/mol. The van der Waals surface area contributed by atoms with Crippen molar-refractivity contribution in [3.05, 3.63) is 11.1 Å². The largest absolute Gasteiger partial charge is 0.411 e. The molecule has 4 N–H and O–H groups in total. The molecule has 0 saturated heterocycles. The first-order chi connectivity index (χ1) is 9.28. The first-order valence-corrected chi connectivity index (χ1v) is 7.20. The quantitative estimate of drug-likeness (QED) is 0.424. The second-order valence-electron chi connectivity index (χ2n) is 7.52. The standard InChI is InChI=1S/C15H23NO4/c1-14(2)4-7-9(5-14)15(3)10(8(6-17)12(7)18)11(16-20)13(15)19/h7,9,12-13,17-20H,4-6H2,1-3H3/t7-,9+,12+,13-,15-/m1/s1. The molecule has 3 aliphatic rings. The van der Waals surface area contributed by atoms with Crippen molar-refractivity contribution in [3.63, 3.8) is 0 Å². The van der Waals surface area contributed by atoms with Crippen LogP contribution in [0.2, 0.25) is 0 Å². The highest BCUT2D eigenvalue weighted by Gasteiger charge is 2.66. The molecule has 3 aliphatic carbocycles. The smallest absolute Gasteiger partial charge is 0.113 e. The van der Waals surface area contributed by atoms with Crippen LogP contribution in [-0.2, 0) is 0 Å². The Morgan fingerprint density at radius 1 is 1.20 bits per heavy atom. The van der Waals surface area contributed by atoms with Gasteiger partial charge in [0.1, 0.15) is 11.8 Å². The van der Waals surface area contributed by atoms with E-state index in [1.807, 2.05) is 6.92 Å². The summed E-state index contributed by atoms with van der Waals surface area (Å²) in [5, 5.41) is 42.8. The van der Waals surface area contributed by atoms with Crippen molar-refractivity contribution < 1.29 is 20.5 Å². The zero-order valence-corrected chi connectivity index (χ0v) is 12.2. The molecular weight excluding hydrogens is 258 g/mol. The molecule has 0 aliphatic heterocycles. The number of oxime groups is 1. The third-order valence-corrected chi connectivity index (χ3v) is 5.83. The molecule has 0 unspecified atom stereocenters. The van der Waals surface area contributed by atoms with Crippen LogP contribution in [0.1, 0.15) is 33.6 Å². The average Bonchev–Trinajstić information content (AvgIpc) is 2.73. The second kappa shape index (κ2) is 4.06. The Hall–Kier alpha value is -0.910. The highest BCUT2D eigenvalue weighted by Crippen LogP contribution is 2.65. The molecule has 20 heavy (non-hydrogen) atoms. The molecule has 112 valence electrons. The van der Waals surface area contributed by atoms with Gasteiger partial charge in [-0.25, -0.2) is 0 Å². The van der Waals surface area contributed by atoms with Crippen molar-refractivity contribution in [2.45, 2.75) is 45.8 Å². The molecule has 0 amide bonds. The van der Waals surface area contributed by atoms with Gasteiger partial charge in [-0.1, -0.05) is 25.9 Å². The van der Waals surface area contributed by atoms with E-state index >= 15 is 0 Å². The van der Waals surface area contributed by atoms with Gasteiger partial charge in [0, 0.05) is 5.41 Å². The van der Waals surface area contributed by atoms with Gasteiger partial charge in [0.15, 0.2) is 0 Å². The number of rotatable bonds is 1. The van der Waals surface area contributed by atoms with Crippen molar-refractivity contribution in [2.75, 3.05) is 6.61 Å². The first kappa shape index (κ1) is 14.0. The Morgan fingerprint density at radius 3 is 2.40 bits per heavy atom. The summed E-state index contributed by atoms with van der Waals surface area (Å²) in [6.07, 6.45) is 0.268. The van der Waals surface area contributed by atoms with E-state index in [9.17, 15) is 15.3 Å². The fraction of sp³-hybridized carbons (Fsp3) is 0.800. The molecule has 0 heterocycles. The van der Waals surface area contributed by atoms with E-state index < -0.39 is 17.6 Å². The molecule has 5 nitrogen and oxygen atoms in total. The van der Waals surface area contributed by atoms with E-state index in [2.05, 4.69) is 19.0 Å². The van der Waals surface area contributed by atoms with Crippen molar-refractivity contribution in [3.8, 4) is 0 Å². The molecule has 0 spiro atoms. The first-order valence-electron chi connectivity index (χ1n) is 7.20. The van der Waals surface area contributed by atoms with Crippen LogP contribution >= 0.6 is 0 Å². The van der Waals surface area contributed by atoms with Gasteiger partial charge in [0.05, 0.1) is 12.7 Å². The molecule has 2 saturated carbocycles. The highest BCUT2D eigenvalue weighted by atomic mass is 16.4. The van der Waals surface area contributed by atoms with Crippen LogP contribution in [0.5, 0.6) is 0 Å². The summed E-state index contributed by atoms with van der Waals surface area (Å²) in [5.74, 6) is 0.203. The zero-order chi connectivity index (χ0) is 14.9. The number of nitrogens with zero attached hydrogens (tertiary/aromatic N) is 1. The predicted octanol–water partition coefficient (Wildman–Crippen LogP) is 0.913. The molecule has 0 radical (unpaired) electrons. The van der Waals surface area contributed by atoms with Crippen molar-refractivity contribution in [1.29, 1.82) is 0 Å².